The fourth-order valence-electron chi connectivity index (χ4n) is 6.37. The van der Waals surface area contributed by atoms with Crippen molar-refractivity contribution in [3.8, 4) is 0 Å². The van der Waals surface area contributed by atoms with E-state index in [2.05, 4.69) is 58.9 Å². The molecule has 2 aliphatic heterocycles. The number of nitrogen functional groups attached to an aromatic ring is 2. The van der Waals surface area contributed by atoms with Crippen LogP contribution in [0.4, 0.5) is 11.6 Å². The monoisotopic (exact) mass is 991 g/mol. The van der Waals surface area contributed by atoms with Crippen molar-refractivity contribution < 1.29 is 66.3 Å². The number of aliphatic hydroxyl groups is 1. The molecule has 1 aromatic carbocycles. The number of amides is 1. The summed E-state index contributed by atoms with van der Waals surface area (Å²) in [6, 6.07) is 7.16. The molecule has 9 N–H and O–H groups in total. The van der Waals surface area contributed by atoms with Crippen molar-refractivity contribution in [2.75, 3.05) is 24.7 Å². The third-order valence-electron chi connectivity index (χ3n) is 9.19. The van der Waals surface area contributed by atoms with Gasteiger partial charge in [0.25, 0.3) is 0 Å². The lowest BCUT2D eigenvalue weighted by Crippen LogP contribution is -2.47. The standard InChI is InChI=1S/C33H40IN9O15P2/c1-2-3-4-24(44)40-19(11-17-5-7-18(34)8-6-17)32(46)57-28-22(56-31(27(28)45)43-16-39-26-29(36)37-15-38-30(26)43)14-54-60(51,52)58-20-12-25(42-10-9-23(35)41-33(42)47)55-21(20)13-53-59(48,49)50/h2,5-10,15-16,19-22,25,27-28,31,45H,1,3-4,11-14H2,(H,40,44)(H,51,52)(H2,35,41,47)(H2,36,37,38)(H2,48,49,50)/t19-,20-,21+,22+,25+,27+,28+,31+/m0/s1. The number of nitrogens with two attached hydrogens (primary N) is 2. The van der Waals surface area contributed by atoms with Crippen molar-refractivity contribution in [1.29, 1.82) is 0 Å². The van der Waals surface area contributed by atoms with Gasteiger partial charge in [-0.2, -0.15) is 4.98 Å². The van der Waals surface area contributed by atoms with Crippen molar-refractivity contribution >= 4 is 72.9 Å². The molecule has 0 spiro atoms. The van der Waals surface area contributed by atoms with E-state index >= 15 is 0 Å². The van der Waals surface area contributed by atoms with Gasteiger partial charge in [0.05, 0.1) is 19.5 Å². The average molecular weight is 992 g/mol. The minimum Gasteiger partial charge on any atom is -0.455 e. The first-order valence-electron chi connectivity index (χ1n) is 17.9. The number of carbonyl (C=O) groups is 2. The second kappa shape index (κ2) is 19.2. The van der Waals surface area contributed by atoms with Crippen LogP contribution >= 0.6 is 38.2 Å². The number of phosphoric acid groups is 2. The normalized spacial score (nSPS) is 24.5. The highest BCUT2D eigenvalue weighted by molar-refractivity contribution is 14.1. The summed E-state index contributed by atoms with van der Waals surface area (Å²) in [4.78, 5) is 84.7. The number of anilines is 2. The Balaban J connectivity index is 1.24. The molecule has 6 rings (SSSR count). The molecule has 1 amide bonds. The Morgan fingerprint density at radius 1 is 1.05 bits per heavy atom. The molecule has 5 heterocycles. The van der Waals surface area contributed by atoms with Crippen LogP contribution in [0.2, 0.25) is 0 Å². The summed E-state index contributed by atoms with van der Waals surface area (Å²) in [6.07, 6.45) is -5.23. The predicted molar refractivity (Wildman–Crippen MR) is 214 cm³/mol. The smallest absolute Gasteiger partial charge is 0.455 e. The maximum Gasteiger partial charge on any atom is 0.472 e. The summed E-state index contributed by atoms with van der Waals surface area (Å²) in [7, 11) is -10.3. The van der Waals surface area contributed by atoms with Gasteiger partial charge in [0.15, 0.2) is 23.8 Å². The SMILES string of the molecule is C=CCCC(=O)N[C@@H](Cc1ccc(I)cc1)C(=O)O[C@H]1[C@@H](O)[C@H](n2cnc3c(N)ncnc32)O[C@@H]1COP(=O)(O)O[C@H]1C[C@H](n2ccc(N)nc2=O)O[C@@H]1COP(=O)(O)O. The molecule has 24 nitrogen and oxygen atoms in total. The zero-order chi connectivity index (χ0) is 43.4. The lowest BCUT2D eigenvalue weighted by atomic mass is 10.0. The second-order valence-corrected chi connectivity index (χ2v) is 17.3. The number of nitrogens with zero attached hydrogens (tertiary/aromatic N) is 6. The van der Waals surface area contributed by atoms with Crippen LogP contribution in [0.5, 0.6) is 0 Å². The minimum atomic E-state index is -5.22. The Morgan fingerprint density at radius 2 is 1.78 bits per heavy atom. The topological polar surface area (TPSA) is 347 Å². The molecule has 60 heavy (non-hydrogen) atoms. The predicted octanol–water partition coefficient (Wildman–Crippen LogP) is 0.615. The highest BCUT2D eigenvalue weighted by atomic mass is 127. The molecule has 9 atom stereocenters. The maximum absolute atomic E-state index is 13.9. The maximum atomic E-state index is 13.9. The summed E-state index contributed by atoms with van der Waals surface area (Å²) in [5, 5.41) is 14.3. The average Bonchev–Trinajstić information content (AvgIpc) is 3.88. The Bertz CT molecular complexity index is 2350. The fraction of sp³-hybridized carbons (Fsp3) is 0.424. The molecule has 2 fully saturated rings. The number of benzene rings is 1. The van der Waals surface area contributed by atoms with Crippen molar-refractivity contribution in [2.24, 2.45) is 0 Å². The molecule has 2 aliphatic rings. The van der Waals surface area contributed by atoms with E-state index in [0.29, 0.717) is 12.0 Å². The lowest BCUT2D eigenvalue weighted by Gasteiger charge is -2.25. The number of esters is 1. The van der Waals surface area contributed by atoms with Crippen LogP contribution in [0.15, 0.2) is 66.6 Å². The van der Waals surface area contributed by atoms with Gasteiger partial charge in [-0.15, -0.1) is 6.58 Å². The van der Waals surface area contributed by atoms with Crippen LogP contribution in [0.1, 0.15) is 37.3 Å². The number of halogens is 1. The van der Waals surface area contributed by atoms with Crippen LogP contribution in [0, 0.1) is 3.57 Å². The number of phosphoric ester groups is 2. The first-order valence-corrected chi connectivity index (χ1v) is 22.0. The van der Waals surface area contributed by atoms with E-state index in [1.54, 1.807) is 12.1 Å². The van der Waals surface area contributed by atoms with Gasteiger partial charge in [0, 0.05) is 29.0 Å². The quantitative estimate of drug-likeness (QED) is 0.0311. The number of aromatic nitrogens is 6. The van der Waals surface area contributed by atoms with Gasteiger partial charge in [-0.1, -0.05) is 18.2 Å². The summed E-state index contributed by atoms with van der Waals surface area (Å²) in [5.74, 6) is -1.56. The van der Waals surface area contributed by atoms with Crippen LogP contribution in [-0.4, -0.2) is 111 Å². The molecule has 3 aromatic heterocycles. The number of fused-ring (bicyclic) bond motifs is 1. The van der Waals surface area contributed by atoms with Crippen molar-refractivity contribution in [1.82, 2.24) is 34.4 Å². The number of allylic oxidation sites excluding steroid dienone is 1. The van der Waals surface area contributed by atoms with E-state index in [0.717, 1.165) is 14.5 Å². The molecular formula is C33H40IN9O15P2. The number of hydrogen-bond donors (Lipinski definition) is 7. The van der Waals surface area contributed by atoms with E-state index in [-0.39, 0.29) is 42.1 Å². The first-order chi connectivity index (χ1) is 28.4. The van der Waals surface area contributed by atoms with Crippen LogP contribution in [0.25, 0.3) is 11.2 Å². The van der Waals surface area contributed by atoms with Gasteiger partial charge in [-0.3, -0.25) is 27.5 Å². The minimum absolute atomic E-state index is 0.0121. The summed E-state index contributed by atoms with van der Waals surface area (Å²) < 4.78 is 61.1. The zero-order valence-corrected chi connectivity index (χ0v) is 35.1. The summed E-state index contributed by atoms with van der Waals surface area (Å²) >= 11 is 2.12. The van der Waals surface area contributed by atoms with Crippen molar-refractivity contribution in [3.63, 3.8) is 0 Å². The second-order valence-electron chi connectivity index (χ2n) is 13.4. The number of hydrogen-bond acceptors (Lipinski definition) is 18. The lowest BCUT2D eigenvalue weighted by molar-refractivity contribution is -0.160. The fourth-order valence-corrected chi connectivity index (χ4v) is 8.03. The molecule has 324 valence electrons. The van der Waals surface area contributed by atoms with E-state index in [9.17, 15) is 43.3 Å². The largest absolute Gasteiger partial charge is 0.472 e. The highest BCUT2D eigenvalue weighted by Crippen LogP contribution is 2.50. The van der Waals surface area contributed by atoms with Crippen molar-refractivity contribution in [2.45, 2.75) is 74.7 Å². The Hall–Kier alpha value is -4.24. The molecule has 2 saturated heterocycles. The van der Waals surface area contributed by atoms with Crippen LogP contribution in [0.3, 0.4) is 0 Å². The van der Waals surface area contributed by atoms with Gasteiger partial charge in [0.1, 0.15) is 54.3 Å². The number of ether oxygens (including phenoxy) is 3. The summed E-state index contributed by atoms with van der Waals surface area (Å²) in [5.41, 5.74) is 11.6. The van der Waals surface area contributed by atoms with E-state index in [4.69, 9.17) is 34.7 Å². The third-order valence-corrected chi connectivity index (χ3v) is 11.4. The number of carbonyl (C=O) groups excluding carboxylic acids is 2. The highest BCUT2D eigenvalue weighted by Gasteiger charge is 2.50. The van der Waals surface area contributed by atoms with E-state index in [1.807, 2.05) is 12.1 Å². The van der Waals surface area contributed by atoms with Crippen molar-refractivity contribution in [3.05, 3.63) is 81.5 Å². The third kappa shape index (κ3) is 11.4. The molecule has 0 saturated carbocycles. The number of rotatable bonds is 18. The number of imidazole rings is 1. The van der Waals surface area contributed by atoms with Crippen LogP contribution < -0.4 is 22.5 Å². The number of aliphatic hydroxyl groups excluding tert-OH is 1. The molecular weight excluding hydrogens is 951 g/mol. The molecule has 0 radical (unpaired) electrons. The summed E-state index contributed by atoms with van der Waals surface area (Å²) in [6.45, 7) is 1.89. The van der Waals surface area contributed by atoms with Gasteiger partial charge < -0.3 is 50.8 Å². The Kier molecular flexibility index (Phi) is 14.5. The molecule has 1 unspecified atom stereocenters. The number of nitrogens with one attached hydrogen (secondary N) is 1. The van der Waals surface area contributed by atoms with Gasteiger partial charge >= 0.3 is 27.3 Å². The van der Waals surface area contributed by atoms with Gasteiger partial charge in [0.2, 0.25) is 5.91 Å². The van der Waals surface area contributed by atoms with Crippen LogP contribution in [-0.2, 0) is 52.9 Å². The molecule has 0 bridgehead atoms. The van der Waals surface area contributed by atoms with Gasteiger partial charge in [-0.05, 0) is 52.8 Å². The zero-order valence-electron chi connectivity index (χ0n) is 31.2. The van der Waals surface area contributed by atoms with Gasteiger partial charge in [-0.25, -0.2) is 33.7 Å². The van der Waals surface area contributed by atoms with E-state index < -0.39 is 95.4 Å². The Labute approximate surface area is 353 Å². The molecule has 0 aliphatic carbocycles. The molecule has 4 aromatic rings. The first kappa shape index (κ1) is 45.3. The van der Waals surface area contributed by atoms with E-state index in [1.165, 1.54) is 29.2 Å². The Morgan fingerprint density at radius 3 is 2.48 bits per heavy atom. The molecule has 27 heteroatoms.